The number of rotatable bonds is 18. The van der Waals surface area contributed by atoms with E-state index >= 15 is 0 Å². The second-order valence-electron chi connectivity index (χ2n) is 5.85. The van der Waals surface area contributed by atoms with Gasteiger partial charge in [0, 0.05) is 0 Å². The fourth-order valence-electron chi connectivity index (χ4n) is 2.84. The summed E-state index contributed by atoms with van der Waals surface area (Å²) in [7, 11) is 0. The highest BCUT2D eigenvalue weighted by atomic mass is 17.0. The molecule has 0 amide bonds. The first-order chi connectivity index (χ1) is 16.8. The molecule has 0 aliphatic rings. The Morgan fingerprint density at radius 1 is 0.333 bits per heavy atom. The van der Waals surface area contributed by atoms with Crippen molar-refractivity contribution in [2.75, 3.05) is 0 Å². The van der Waals surface area contributed by atoms with E-state index < -0.39 is 104 Å². The molecule has 0 bridgehead atoms. The first-order valence-electron chi connectivity index (χ1n) is 8.64. The molecule has 0 aromatic heterocycles. The number of hydrogen-bond acceptors (Lipinski definition) is 18. The third-order valence-electron chi connectivity index (χ3n) is 4.07. The van der Waals surface area contributed by atoms with E-state index in [2.05, 4.69) is 29.0 Å². The van der Waals surface area contributed by atoms with E-state index in [4.69, 9.17) is 0 Å². The van der Waals surface area contributed by atoms with E-state index in [1.54, 1.807) is 0 Å². The zero-order valence-corrected chi connectivity index (χ0v) is 17.3. The van der Waals surface area contributed by atoms with E-state index in [0.717, 1.165) is 0 Å². The lowest BCUT2D eigenvalue weighted by Crippen LogP contribution is -2.21. The molecule has 0 saturated heterocycles. The molecule has 0 unspecified atom stereocenters. The Labute approximate surface area is 194 Å². The van der Waals surface area contributed by atoms with Gasteiger partial charge in [0.1, 0.15) is 39.6 Å². The summed E-state index contributed by atoms with van der Waals surface area (Å²) in [5.74, 6) is 0. The van der Waals surface area contributed by atoms with E-state index in [0.29, 0.717) is 0 Å². The predicted molar refractivity (Wildman–Crippen MR) is 97.1 cm³/mol. The SMILES string of the molecule is O=[N+]([O-])OCc1c(CO[N+](=O)[O-])c(CO[N+](=O)[O-])c(CO[N+](=O)[O-])c(CO[N+](=O)[O-])c1CO[N+](=O)[O-]. The van der Waals surface area contributed by atoms with Crippen LogP contribution in [0.25, 0.3) is 0 Å². The maximum absolute atomic E-state index is 10.8. The van der Waals surface area contributed by atoms with Gasteiger partial charge in [-0.15, -0.1) is 60.7 Å². The smallest absolute Gasteiger partial charge is 0.294 e. The largest absolute Gasteiger partial charge is 0.309 e. The molecule has 0 fully saturated rings. The van der Waals surface area contributed by atoms with Crippen LogP contribution in [0.1, 0.15) is 33.4 Å². The minimum atomic E-state index is -1.35. The average Bonchev–Trinajstić information content (AvgIpc) is 2.75. The lowest BCUT2D eigenvalue weighted by molar-refractivity contribution is -0.767. The first kappa shape index (κ1) is 28.5. The minimum Gasteiger partial charge on any atom is -0.309 e. The molecular weight excluding hydrogens is 516 g/mol. The van der Waals surface area contributed by atoms with E-state index in [1.807, 2.05) is 0 Å². The van der Waals surface area contributed by atoms with Crippen LogP contribution in [0.3, 0.4) is 0 Å². The molecule has 24 nitrogen and oxygen atoms in total. The summed E-state index contributed by atoms with van der Waals surface area (Å²) >= 11 is 0. The Kier molecular flexibility index (Phi) is 10.4. The quantitative estimate of drug-likeness (QED) is 0.178. The lowest BCUT2D eigenvalue weighted by Gasteiger charge is -2.25. The zero-order valence-electron chi connectivity index (χ0n) is 17.3. The van der Waals surface area contributed by atoms with Gasteiger partial charge in [0.2, 0.25) is 0 Å². The van der Waals surface area contributed by atoms with Crippen molar-refractivity contribution in [2.45, 2.75) is 39.6 Å². The third-order valence-corrected chi connectivity index (χ3v) is 4.07. The highest BCUT2D eigenvalue weighted by Gasteiger charge is 2.27. The van der Waals surface area contributed by atoms with Crippen LogP contribution >= 0.6 is 0 Å². The molecule has 0 saturated carbocycles. The van der Waals surface area contributed by atoms with Gasteiger partial charge >= 0.3 is 0 Å². The summed E-state index contributed by atoms with van der Waals surface area (Å²) in [5, 5.41) is 56.4. The molecule has 36 heavy (non-hydrogen) atoms. The van der Waals surface area contributed by atoms with Gasteiger partial charge in [0.25, 0.3) is 30.5 Å². The Hall–Kier alpha value is -5.58. The summed E-state index contributed by atoms with van der Waals surface area (Å²) in [4.78, 5) is 89.7. The molecule has 24 heteroatoms. The van der Waals surface area contributed by atoms with Crippen molar-refractivity contribution < 1.29 is 59.5 Å². The van der Waals surface area contributed by atoms with Gasteiger partial charge in [0.05, 0.1) is 0 Å². The molecular formula is C12H12N6O18. The van der Waals surface area contributed by atoms with Crippen molar-refractivity contribution >= 4 is 0 Å². The summed E-state index contributed by atoms with van der Waals surface area (Å²) in [6, 6.07) is 0. The van der Waals surface area contributed by atoms with Gasteiger partial charge in [-0.1, -0.05) is 0 Å². The van der Waals surface area contributed by atoms with Crippen LogP contribution in [0, 0.1) is 60.7 Å². The van der Waals surface area contributed by atoms with Crippen LogP contribution < -0.4 is 0 Å². The highest BCUT2D eigenvalue weighted by Crippen LogP contribution is 2.33. The van der Waals surface area contributed by atoms with Crippen LogP contribution in [0.4, 0.5) is 0 Å². The van der Waals surface area contributed by atoms with E-state index in [1.165, 1.54) is 0 Å². The summed E-state index contributed by atoms with van der Waals surface area (Å²) in [6.07, 6.45) is 0. The maximum Gasteiger partial charge on any atom is 0.294 e. The van der Waals surface area contributed by atoms with Crippen LogP contribution in [-0.4, -0.2) is 30.5 Å². The van der Waals surface area contributed by atoms with Gasteiger partial charge in [-0.25, -0.2) is 0 Å². The van der Waals surface area contributed by atoms with Gasteiger partial charge in [0.15, 0.2) is 0 Å². The van der Waals surface area contributed by atoms with E-state index in [-0.39, 0.29) is 0 Å². The van der Waals surface area contributed by atoms with Crippen molar-refractivity contribution in [2.24, 2.45) is 0 Å². The molecule has 1 aromatic rings. The summed E-state index contributed by atoms with van der Waals surface area (Å²) in [5.41, 5.74) is -3.31. The second kappa shape index (κ2) is 13.2. The van der Waals surface area contributed by atoms with Crippen molar-refractivity contribution in [3.63, 3.8) is 0 Å². The molecule has 198 valence electrons. The van der Waals surface area contributed by atoms with Gasteiger partial charge in [-0.2, -0.15) is 0 Å². The van der Waals surface area contributed by atoms with Gasteiger partial charge in [-0.05, 0) is 33.4 Å². The van der Waals surface area contributed by atoms with Gasteiger partial charge in [-0.3, -0.25) is 0 Å². The number of benzene rings is 1. The second-order valence-corrected chi connectivity index (χ2v) is 5.85. The standard InChI is InChI=1S/C12H12N6O18/c19-13(20)31-1-7-8(2-32-14(21)22)10(4-34-16(25)26)12(6-36-18(29)30)11(5-35-17(27)28)9(7)3-33-15(23)24/h1-6H2. The molecule has 0 spiro atoms. The molecule has 0 aliphatic heterocycles. The normalized spacial score (nSPS) is 10.0. The predicted octanol–water partition coefficient (Wildman–Crippen LogP) is -0.0636. The van der Waals surface area contributed by atoms with Crippen molar-refractivity contribution in [3.8, 4) is 0 Å². The summed E-state index contributed by atoms with van der Waals surface area (Å²) < 4.78 is 0. The number of hydrogen-bond donors (Lipinski definition) is 0. The molecule has 1 aromatic carbocycles. The molecule has 0 atom stereocenters. The topological polar surface area (TPSA) is 314 Å². The van der Waals surface area contributed by atoms with Gasteiger partial charge < -0.3 is 29.0 Å². The molecule has 0 heterocycles. The minimum absolute atomic E-state index is 0.552. The average molecular weight is 528 g/mol. The molecule has 0 radical (unpaired) electrons. The van der Waals surface area contributed by atoms with Crippen LogP contribution in [-0.2, 0) is 68.7 Å². The number of nitrogens with zero attached hydrogens (tertiary/aromatic N) is 6. The first-order valence-corrected chi connectivity index (χ1v) is 8.64. The molecule has 1 rings (SSSR count). The Morgan fingerprint density at radius 2 is 0.444 bits per heavy atom. The Morgan fingerprint density at radius 3 is 0.528 bits per heavy atom. The lowest BCUT2D eigenvalue weighted by atomic mass is 9.87. The van der Waals surface area contributed by atoms with Crippen molar-refractivity contribution in [3.05, 3.63) is 94.1 Å². The Bertz CT molecular complexity index is 815. The third kappa shape index (κ3) is 9.11. The Balaban J connectivity index is 4.04. The van der Waals surface area contributed by atoms with E-state index in [9.17, 15) is 60.7 Å². The van der Waals surface area contributed by atoms with Crippen molar-refractivity contribution in [1.82, 2.24) is 0 Å². The van der Waals surface area contributed by atoms with Crippen LogP contribution in [0.2, 0.25) is 0 Å². The van der Waals surface area contributed by atoms with Crippen molar-refractivity contribution in [1.29, 1.82) is 0 Å². The maximum atomic E-state index is 10.8. The van der Waals surface area contributed by atoms with Crippen LogP contribution in [0.15, 0.2) is 0 Å². The summed E-state index contributed by atoms with van der Waals surface area (Å²) in [6.45, 7) is -6.87. The zero-order chi connectivity index (χ0) is 27.4. The fourth-order valence-corrected chi connectivity index (χ4v) is 2.84. The van der Waals surface area contributed by atoms with Crippen LogP contribution in [0.5, 0.6) is 0 Å². The molecule has 0 N–H and O–H groups in total. The fraction of sp³-hybridized carbons (Fsp3) is 0.500. The highest BCUT2D eigenvalue weighted by molar-refractivity contribution is 5.51. The molecule has 0 aliphatic carbocycles. The monoisotopic (exact) mass is 528 g/mol.